The summed E-state index contributed by atoms with van der Waals surface area (Å²) in [5, 5.41) is 6.60. The molecule has 21 heavy (non-hydrogen) atoms. The number of ether oxygens (including phenoxy) is 1. The van der Waals surface area contributed by atoms with Gasteiger partial charge in [-0.05, 0) is 0 Å². The Kier molecular flexibility index (Phi) is 4.01. The van der Waals surface area contributed by atoms with Crippen LogP contribution in [0.4, 0.5) is 11.6 Å². The number of carbonyl (C=O) groups excluding carboxylic acids is 1. The number of nitrogens with zero attached hydrogens (tertiary/aromatic N) is 6. The molecule has 2 aromatic rings. The van der Waals surface area contributed by atoms with Crippen LogP contribution in [0, 0.1) is 0 Å². The molecule has 1 saturated heterocycles. The van der Waals surface area contributed by atoms with Crippen molar-refractivity contribution in [1.82, 2.24) is 24.7 Å². The molecule has 1 aliphatic rings. The maximum absolute atomic E-state index is 11.9. The zero-order chi connectivity index (χ0) is 14.5. The van der Waals surface area contributed by atoms with E-state index in [1.54, 1.807) is 6.07 Å². The lowest BCUT2D eigenvalue weighted by atomic mass is 10.4. The first-order chi connectivity index (χ1) is 10.3. The normalized spacial score (nSPS) is 15.0. The highest BCUT2D eigenvalue weighted by molar-refractivity contribution is 5.89. The fourth-order valence-corrected chi connectivity index (χ4v) is 2.02. The van der Waals surface area contributed by atoms with Crippen LogP contribution in [0.5, 0.6) is 0 Å². The fraction of sp³-hybridized carbons (Fsp3) is 0.417. The molecule has 0 unspecified atom stereocenters. The Morgan fingerprint density at radius 2 is 2.14 bits per heavy atom. The second-order valence-electron chi connectivity index (χ2n) is 4.50. The third-order valence-corrected chi connectivity index (χ3v) is 3.03. The molecule has 1 aliphatic heterocycles. The summed E-state index contributed by atoms with van der Waals surface area (Å²) in [6.07, 6.45) is 4.31. The van der Waals surface area contributed by atoms with Crippen LogP contribution >= 0.6 is 0 Å². The number of carbonyl (C=O) groups is 1. The molecule has 0 aliphatic carbocycles. The monoisotopic (exact) mass is 289 g/mol. The number of rotatable bonds is 4. The maximum atomic E-state index is 11.9. The third-order valence-electron chi connectivity index (χ3n) is 3.03. The van der Waals surface area contributed by atoms with Crippen LogP contribution in [0.3, 0.4) is 0 Å². The minimum absolute atomic E-state index is 0.0941. The van der Waals surface area contributed by atoms with Crippen molar-refractivity contribution in [1.29, 1.82) is 0 Å². The summed E-state index contributed by atoms with van der Waals surface area (Å²) in [6.45, 7) is 3.01. The van der Waals surface area contributed by atoms with E-state index in [4.69, 9.17) is 4.74 Å². The summed E-state index contributed by atoms with van der Waals surface area (Å²) >= 11 is 0. The standard InChI is InChI=1S/C12H15N7O2/c20-12(6-19-9-13-7-16-19)17-10-5-11(15-8-14-10)18-1-3-21-4-2-18/h5,7-9H,1-4,6H2,(H,14,15,17,20). The van der Waals surface area contributed by atoms with Gasteiger partial charge in [0.1, 0.15) is 37.2 Å². The number of hydrogen-bond donors (Lipinski definition) is 1. The highest BCUT2D eigenvalue weighted by Gasteiger charge is 2.13. The highest BCUT2D eigenvalue weighted by atomic mass is 16.5. The summed E-state index contributed by atoms with van der Waals surface area (Å²) in [5.41, 5.74) is 0. The van der Waals surface area contributed by atoms with Crippen molar-refractivity contribution >= 4 is 17.5 Å². The molecule has 1 amide bonds. The summed E-state index contributed by atoms with van der Waals surface area (Å²) < 4.78 is 6.75. The Morgan fingerprint density at radius 3 is 2.90 bits per heavy atom. The molecule has 0 saturated carbocycles. The fourth-order valence-electron chi connectivity index (χ4n) is 2.02. The highest BCUT2D eigenvalue weighted by Crippen LogP contribution is 2.15. The Hall–Kier alpha value is -2.55. The zero-order valence-corrected chi connectivity index (χ0v) is 11.3. The molecule has 1 fully saturated rings. The lowest BCUT2D eigenvalue weighted by Crippen LogP contribution is -2.36. The Labute approximate surface area is 121 Å². The minimum atomic E-state index is -0.216. The van der Waals surface area contributed by atoms with E-state index in [9.17, 15) is 4.79 Å². The lowest BCUT2D eigenvalue weighted by Gasteiger charge is -2.27. The van der Waals surface area contributed by atoms with Gasteiger partial charge in [0.15, 0.2) is 0 Å². The molecular weight excluding hydrogens is 274 g/mol. The van der Waals surface area contributed by atoms with Gasteiger partial charge in [-0.1, -0.05) is 0 Å². The Balaban J connectivity index is 1.63. The van der Waals surface area contributed by atoms with E-state index in [1.807, 2.05) is 0 Å². The van der Waals surface area contributed by atoms with Crippen molar-refractivity contribution in [2.24, 2.45) is 0 Å². The van der Waals surface area contributed by atoms with Crippen molar-refractivity contribution < 1.29 is 9.53 Å². The van der Waals surface area contributed by atoms with Crippen LogP contribution in [-0.4, -0.2) is 56.9 Å². The molecule has 0 radical (unpaired) electrons. The van der Waals surface area contributed by atoms with Gasteiger partial charge in [-0.2, -0.15) is 5.10 Å². The summed E-state index contributed by atoms with van der Waals surface area (Å²) in [5.74, 6) is 1.04. The van der Waals surface area contributed by atoms with Crippen LogP contribution in [-0.2, 0) is 16.1 Å². The molecule has 0 atom stereocenters. The van der Waals surface area contributed by atoms with Gasteiger partial charge in [-0.3, -0.25) is 4.79 Å². The lowest BCUT2D eigenvalue weighted by molar-refractivity contribution is -0.116. The third kappa shape index (κ3) is 3.51. The number of nitrogens with one attached hydrogen (secondary N) is 1. The van der Waals surface area contributed by atoms with Crippen LogP contribution in [0.25, 0.3) is 0 Å². The number of anilines is 2. The molecular formula is C12H15N7O2. The molecule has 9 heteroatoms. The van der Waals surface area contributed by atoms with Crippen LogP contribution in [0.2, 0.25) is 0 Å². The predicted molar refractivity (Wildman–Crippen MR) is 73.7 cm³/mol. The first-order valence-electron chi connectivity index (χ1n) is 6.58. The van der Waals surface area contributed by atoms with Crippen molar-refractivity contribution in [3.8, 4) is 0 Å². The molecule has 9 nitrogen and oxygen atoms in total. The molecule has 110 valence electrons. The van der Waals surface area contributed by atoms with Gasteiger partial charge in [-0.15, -0.1) is 0 Å². The topological polar surface area (TPSA) is 98.1 Å². The SMILES string of the molecule is O=C(Cn1cncn1)Nc1cc(N2CCOCC2)ncn1. The average molecular weight is 289 g/mol. The average Bonchev–Trinajstić information content (AvgIpc) is 3.01. The van der Waals surface area contributed by atoms with Crippen LogP contribution < -0.4 is 10.2 Å². The zero-order valence-electron chi connectivity index (χ0n) is 11.3. The molecule has 1 N–H and O–H groups in total. The smallest absolute Gasteiger partial charge is 0.247 e. The van der Waals surface area contributed by atoms with E-state index >= 15 is 0 Å². The minimum Gasteiger partial charge on any atom is -0.378 e. The van der Waals surface area contributed by atoms with Crippen LogP contribution in [0.1, 0.15) is 0 Å². The molecule has 0 aromatic carbocycles. The van der Waals surface area contributed by atoms with Gasteiger partial charge in [0.25, 0.3) is 0 Å². The summed E-state index contributed by atoms with van der Waals surface area (Å²) in [6, 6.07) is 1.75. The molecule has 0 bridgehead atoms. The molecule has 2 aromatic heterocycles. The van der Waals surface area contributed by atoms with Gasteiger partial charge in [0, 0.05) is 19.2 Å². The number of aromatic nitrogens is 5. The molecule has 0 spiro atoms. The summed E-state index contributed by atoms with van der Waals surface area (Å²) in [7, 11) is 0. The Morgan fingerprint density at radius 1 is 1.29 bits per heavy atom. The molecule has 3 rings (SSSR count). The first-order valence-corrected chi connectivity index (χ1v) is 6.58. The van der Waals surface area contributed by atoms with Crippen molar-refractivity contribution in [2.45, 2.75) is 6.54 Å². The van der Waals surface area contributed by atoms with Crippen LogP contribution in [0.15, 0.2) is 25.0 Å². The van der Waals surface area contributed by atoms with E-state index in [0.29, 0.717) is 19.0 Å². The van der Waals surface area contributed by atoms with Crippen molar-refractivity contribution in [3.63, 3.8) is 0 Å². The number of hydrogen-bond acceptors (Lipinski definition) is 7. The Bertz CT molecular complexity index is 595. The van der Waals surface area contributed by atoms with E-state index in [-0.39, 0.29) is 12.5 Å². The maximum Gasteiger partial charge on any atom is 0.247 e. The van der Waals surface area contributed by atoms with Gasteiger partial charge < -0.3 is 15.0 Å². The summed E-state index contributed by atoms with van der Waals surface area (Å²) in [4.78, 5) is 26.0. The largest absolute Gasteiger partial charge is 0.378 e. The van der Waals surface area contributed by atoms with Gasteiger partial charge in [-0.25, -0.2) is 19.6 Å². The second-order valence-corrected chi connectivity index (χ2v) is 4.50. The van der Waals surface area contributed by atoms with Crippen molar-refractivity contribution in [3.05, 3.63) is 25.0 Å². The van der Waals surface area contributed by atoms with Crippen molar-refractivity contribution in [2.75, 3.05) is 36.5 Å². The quantitative estimate of drug-likeness (QED) is 0.813. The van der Waals surface area contributed by atoms with Gasteiger partial charge in [0.05, 0.1) is 13.2 Å². The second kappa shape index (κ2) is 6.27. The predicted octanol–water partition coefficient (Wildman–Crippen LogP) is -0.457. The number of morpholine rings is 1. The van der Waals surface area contributed by atoms with Gasteiger partial charge in [0.2, 0.25) is 5.91 Å². The molecule has 3 heterocycles. The van der Waals surface area contributed by atoms with E-state index in [2.05, 4.69) is 30.3 Å². The van der Waals surface area contributed by atoms with E-state index in [0.717, 1.165) is 18.9 Å². The van der Waals surface area contributed by atoms with Gasteiger partial charge >= 0.3 is 0 Å². The van der Waals surface area contributed by atoms with E-state index < -0.39 is 0 Å². The van der Waals surface area contributed by atoms with E-state index in [1.165, 1.54) is 23.7 Å². The number of amides is 1. The first kappa shape index (κ1) is 13.4.